The molecule has 1 unspecified atom stereocenters. The van der Waals surface area contributed by atoms with Crippen molar-refractivity contribution in [2.24, 2.45) is 0 Å². The van der Waals surface area contributed by atoms with Gasteiger partial charge in [0, 0.05) is 50.3 Å². The molecule has 2 heterocycles. The fourth-order valence-electron chi connectivity index (χ4n) is 5.49. The first-order valence-corrected chi connectivity index (χ1v) is 13.6. The fourth-order valence-corrected chi connectivity index (χ4v) is 5.49. The number of nitrogens with zero attached hydrogens (tertiary/aromatic N) is 2. The van der Waals surface area contributed by atoms with Crippen molar-refractivity contribution in [3.05, 3.63) is 101 Å². The molecular weight excluding hydrogens is 472 g/mol. The van der Waals surface area contributed by atoms with Gasteiger partial charge in [-0.3, -0.25) is 9.69 Å². The number of aryl methyl sites for hydroxylation is 2. The second-order valence-electron chi connectivity index (χ2n) is 10.3. The van der Waals surface area contributed by atoms with Crippen LogP contribution in [0.1, 0.15) is 39.9 Å². The molecule has 1 atom stereocenters. The molecule has 5 rings (SSSR count). The molecule has 1 aromatic heterocycles. The Labute approximate surface area is 225 Å². The standard InChI is InChI=1S/C32H38N4O2/c1-24-9-6-12-26(19-24)20-34-32(37)29-23-36(31-28(29)13-7-14-30(31)38-2)17-8-16-33-27-15-18-35(22-27)21-25-10-4-3-5-11-25/h3-7,9-14,19,23,27,33H,8,15-18,20-22H2,1-2H3,(H,34,37). The second kappa shape index (κ2) is 12.3. The molecule has 4 aromatic rings. The smallest absolute Gasteiger partial charge is 0.253 e. The Morgan fingerprint density at radius 3 is 2.66 bits per heavy atom. The molecule has 3 aromatic carbocycles. The predicted octanol–water partition coefficient (Wildman–Crippen LogP) is 5.14. The molecule has 0 bridgehead atoms. The lowest BCUT2D eigenvalue weighted by Crippen LogP contribution is -2.33. The Kier molecular flexibility index (Phi) is 8.41. The number of amides is 1. The molecule has 0 saturated carbocycles. The zero-order valence-electron chi connectivity index (χ0n) is 22.5. The van der Waals surface area contributed by atoms with Gasteiger partial charge in [-0.2, -0.15) is 0 Å². The Bertz CT molecular complexity index is 1360. The van der Waals surface area contributed by atoms with Gasteiger partial charge in [-0.05, 0) is 43.5 Å². The number of carbonyl (C=O) groups is 1. The molecule has 0 aliphatic carbocycles. The summed E-state index contributed by atoms with van der Waals surface area (Å²) in [6, 6.07) is 25.4. The number of nitrogens with one attached hydrogen (secondary N) is 2. The van der Waals surface area contributed by atoms with Crippen molar-refractivity contribution in [3.63, 3.8) is 0 Å². The van der Waals surface area contributed by atoms with E-state index in [4.69, 9.17) is 4.74 Å². The van der Waals surface area contributed by atoms with Gasteiger partial charge in [-0.1, -0.05) is 72.3 Å². The lowest BCUT2D eigenvalue weighted by Gasteiger charge is -2.17. The number of likely N-dealkylation sites (tertiary alicyclic amines) is 1. The first-order chi connectivity index (χ1) is 18.6. The largest absolute Gasteiger partial charge is 0.495 e. The summed E-state index contributed by atoms with van der Waals surface area (Å²) in [5.41, 5.74) is 5.32. The molecule has 1 fully saturated rings. The fraction of sp³-hybridized carbons (Fsp3) is 0.344. The maximum Gasteiger partial charge on any atom is 0.253 e. The zero-order valence-corrected chi connectivity index (χ0v) is 22.5. The lowest BCUT2D eigenvalue weighted by molar-refractivity contribution is 0.0952. The third-order valence-electron chi connectivity index (χ3n) is 7.39. The molecule has 1 saturated heterocycles. The van der Waals surface area contributed by atoms with E-state index >= 15 is 0 Å². The molecule has 1 aliphatic heterocycles. The zero-order chi connectivity index (χ0) is 26.3. The van der Waals surface area contributed by atoms with Crippen molar-refractivity contribution in [2.75, 3.05) is 26.7 Å². The van der Waals surface area contributed by atoms with Gasteiger partial charge >= 0.3 is 0 Å². The van der Waals surface area contributed by atoms with Gasteiger partial charge < -0.3 is 19.9 Å². The molecule has 1 amide bonds. The minimum Gasteiger partial charge on any atom is -0.495 e. The van der Waals surface area contributed by atoms with Crippen LogP contribution in [-0.4, -0.2) is 48.2 Å². The summed E-state index contributed by atoms with van der Waals surface area (Å²) in [6.07, 6.45) is 4.13. The third-order valence-corrected chi connectivity index (χ3v) is 7.39. The molecular formula is C32H38N4O2. The summed E-state index contributed by atoms with van der Waals surface area (Å²) in [5, 5.41) is 7.78. The van der Waals surface area contributed by atoms with Gasteiger partial charge in [0.1, 0.15) is 5.75 Å². The van der Waals surface area contributed by atoms with E-state index in [-0.39, 0.29) is 5.91 Å². The number of rotatable bonds is 11. The Balaban J connectivity index is 1.19. The molecule has 6 heteroatoms. The lowest BCUT2D eigenvalue weighted by atomic mass is 10.1. The van der Waals surface area contributed by atoms with Gasteiger partial charge in [0.25, 0.3) is 5.91 Å². The van der Waals surface area contributed by atoms with E-state index in [0.29, 0.717) is 18.2 Å². The van der Waals surface area contributed by atoms with Gasteiger partial charge in [0.05, 0.1) is 18.2 Å². The van der Waals surface area contributed by atoms with Crippen LogP contribution >= 0.6 is 0 Å². The van der Waals surface area contributed by atoms with E-state index in [9.17, 15) is 4.79 Å². The number of carbonyl (C=O) groups excluding carboxylic acids is 1. The molecule has 0 radical (unpaired) electrons. The number of hydrogen-bond donors (Lipinski definition) is 2. The van der Waals surface area contributed by atoms with Crippen LogP contribution in [0.2, 0.25) is 0 Å². The topological polar surface area (TPSA) is 58.5 Å². The van der Waals surface area contributed by atoms with Crippen molar-refractivity contribution in [1.29, 1.82) is 0 Å². The van der Waals surface area contributed by atoms with Gasteiger partial charge in [-0.15, -0.1) is 0 Å². The molecule has 198 valence electrons. The highest BCUT2D eigenvalue weighted by Crippen LogP contribution is 2.30. The highest BCUT2D eigenvalue weighted by atomic mass is 16.5. The number of hydrogen-bond acceptors (Lipinski definition) is 4. The minimum atomic E-state index is -0.0638. The van der Waals surface area contributed by atoms with Gasteiger partial charge in [-0.25, -0.2) is 0 Å². The van der Waals surface area contributed by atoms with Crippen molar-refractivity contribution in [1.82, 2.24) is 20.1 Å². The van der Waals surface area contributed by atoms with Crippen LogP contribution in [0.4, 0.5) is 0 Å². The third kappa shape index (κ3) is 6.26. The average Bonchev–Trinajstić information content (AvgIpc) is 3.54. The van der Waals surface area contributed by atoms with E-state index in [1.807, 2.05) is 36.5 Å². The molecule has 0 spiro atoms. The second-order valence-corrected chi connectivity index (χ2v) is 10.3. The van der Waals surface area contributed by atoms with Crippen LogP contribution in [0.3, 0.4) is 0 Å². The van der Waals surface area contributed by atoms with Crippen molar-refractivity contribution in [3.8, 4) is 5.75 Å². The minimum absolute atomic E-state index is 0.0638. The number of methoxy groups -OCH3 is 1. The van der Waals surface area contributed by atoms with Gasteiger partial charge in [0.2, 0.25) is 0 Å². The monoisotopic (exact) mass is 510 g/mol. The summed E-state index contributed by atoms with van der Waals surface area (Å²) in [6.45, 7) is 7.55. The molecule has 38 heavy (non-hydrogen) atoms. The number of fused-ring (bicyclic) bond motifs is 1. The highest BCUT2D eigenvalue weighted by Gasteiger charge is 2.22. The first-order valence-electron chi connectivity index (χ1n) is 13.6. The summed E-state index contributed by atoms with van der Waals surface area (Å²) >= 11 is 0. The Morgan fingerprint density at radius 1 is 1.03 bits per heavy atom. The van der Waals surface area contributed by atoms with Crippen LogP contribution in [0.5, 0.6) is 5.75 Å². The first kappa shape index (κ1) is 26.0. The Hall–Kier alpha value is -3.61. The van der Waals surface area contributed by atoms with Crippen LogP contribution in [0, 0.1) is 6.92 Å². The quantitative estimate of drug-likeness (QED) is 0.274. The van der Waals surface area contributed by atoms with E-state index in [0.717, 1.165) is 61.4 Å². The van der Waals surface area contributed by atoms with Crippen LogP contribution in [0.25, 0.3) is 10.9 Å². The van der Waals surface area contributed by atoms with Crippen LogP contribution in [0.15, 0.2) is 79.0 Å². The van der Waals surface area contributed by atoms with Crippen LogP contribution < -0.4 is 15.4 Å². The van der Waals surface area contributed by atoms with Crippen molar-refractivity contribution in [2.45, 2.75) is 45.4 Å². The Morgan fingerprint density at radius 2 is 1.84 bits per heavy atom. The number of aromatic nitrogens is 1. The van der Waals surface area contributed by atoms with E-state index in [1.54, 1.807) is 7.11 Å². The number of para-hydroxylation sites is 1. The van der Waals surface area contributed by atoms with Gasteiger partial charge in [0.15, 0.2) is 0 Å². The molecule has 6 nitrogen and oxygen atoms in total. The van der Waals surface area contributed by atoms with E-state index < -0.39 is 0 Å². The maximum absolute atomic E-state index is 13.2. The predicted molar refractivity (Wildman–Crippen MR) is 154 cm³/mol. The van der Waals surface area contributed by atoms with Crippen LogP contribution in [-0.2, 0) is 19.6 Å². The summed E-state index contributed by atoms with van der Waals surface area (Å²) in [7, 11) is 1.69. The van der Waals surface area contributed by atoms with E-state index in [2.05, 4.69) is 69.5 Å². The number of benzene rings is 3. The highest BCUT2D eigenvalue weighted by molar-refractivity contribution is 6.08. The maximum atomic E-state index is 13.2. The molecule has 1 aliphatic rings. The summed E-state index contributed by atoms with van der Waals surface area (Å²) in [4.78, 5) is 15.7. The van der Waals surface area contributed by atoms with Crippen molar-refractivity contribution < 1.29 is 9.53 Å². The average molecular weight is 511 g/mol. The van der Waals surface area contributed by atoms with E-state index in [1.165, 1.54) is 17.5 Å². The summed E-state index contributed by atoms with van der Waals surface area (Å²) in [5.74, 6) is 0.728. The number of ether oxygens (including phenoxy) is 1. The summed E-state index contributed by atoms with van der Waals surface area (Å²) < 4.78 is 7.85. The van der Waals surface area contributed by atoms with Crippen molar-refractivity contribution >= 4 is 16.8 Å². The molecule has 2 N–H and O–H groups in total. The SMILES string of the molecule is COc1cccc2c(C(=O)NCc3cccc(C)c3)cn(CCCNC3CCN(Cc4ccccc4)C3)c12. The normalized spacial score (nSPS) is 15.7.